The standard InChI is InChI=1S/C14H19N3O2S/c1-14(2,3)16-11(18)7-4-8-12-15-13(17-19-12)10-6-5-9-20-10/h5-6,9H,4,7-8H2,1-3H3,(H,16,18). The highest BCUT2D eigenvalue weighted by molar-refractivity contribution is 7.13. The Labute approximate surface area is 122 Å². The molecule has 0 fully saturated rings. The molecule has 0 spiro atoms. The number of aryl methyl sites for hydroxylation is 1. The van der Waals surface area contributed by atoms with Gasteiger partial charge in [-0.25, -0.2) is 0 Å². The van der Waals surface area contributed by atoms with Crippen LogP contribution < -0.4 is 5.32 Å². The molecule has 0 aliphatic carbocycles. The van der Waals surface area contributed by atoms with Crippen LogP contribution in [0.5, 0.6) is 0 Å². The van der Waals surface area contributed by atoms with Crippen LogP contribution in [0.25, 0.3) is 10.7 Å². The lowest BCUT2D eigenvalue weighted by atomic mass is 10.1. The second-order valence-corrected chi connectivity index (χ2v) is 6.59. The van der Waals surface area contributed by atoms with E-state index in [2.05, 4.69) is 15.5 Å². The molecule has 20 heavy (non-hydrogen) atoms. The van der Waals surface area contributed by atoms with Crippen molar-refractivity contribution in [3.8, 4) is 10.7 Å². The molecule has 0 aliphatic heterocycles. The monoisotopic (exact) mass is 293 g/mol. The molecule has 0 saturated heterocycles. The number of amides is 1. The predicted molar refractivity (Wildman–Crippen MR) is 78.4 cm³/mol. The Hall–Kier alpha value is -1.69. The van der Waals surface area contributed by atoms with E-state index in [1.165, 1.54) is 0 Å². The lowest BCUT2D eigenvalue weighted by Gasteiger charge is -2.20. The molecule has 5 nitrogen and oxygen atoms in total. The third kappa shape index (κ3) is 4.45. The number of rotatable bonds is 5. The summed E-state index contributed by atoms with van der Waals surface area (Å²) in [5, 5.41) is 8.84. The molecule has 108 valence electrons. The maximum atomic E-state index is 11.7. The van der Waals surface area contributed by atoms with Crippen LogP contribution in [0.3, 0.4) is 0 Å². The van der Waals surface area contributed by atoms with E-state index >= 15 is 0 Å². The van der Waals surface area contributed by atoms with E-state index in [1.54, 1.807) is 11.3 Å². The van der Waals surface area contributed by atoms with Gasteiger partial charge in [-0.3, -0.25) is 4.79 Å². The number of hydrogen-bond acceptors (Lipinski definition) is 5. The van der Waals surface area contributed by atoms with Crippen LogP contribution in [0.1, 0.15) is 39.5 Å². The summed E-state index contributed by atoms with van der Waals surface area (Å²) in [6.45, 7) is 5.91. The Morgan fingerprint density at radius 3 is 2.90 bits per heavy atom. The molecule has 0 aromatic carbocycles. The van der Waals surface area contributed by atoms with Crippen molar-refractivity contribution >= 4 is 17.2 Å². The van der Waals surface area contributed by atoms with Gasteiger partial charge in [0.25, 0.3) is 0 Å². The minimum Gasteiger partial charge on any atom is -0.352 e. The van der Waals surface area contributed by atoms with Gasteiger partial charge in [-0.05, 0) is 38.6 Å². The molecular weight excluding hydrogens is 274 g/mol. The summed E-state index contributed by atoms with van der Waals surface area (Å²) in [6, 6.07) is 3.91. The van der Waals surface area contributed by atoms with Gasteiger partial charge < -0.3 is 9.84 Å². The summed E-state index contributed by atoms with van der Waals surface area (Å²) in [5.74, 6) is 1.25. The molecule has 6 heteroatoms. The van der Waals surface area contributed by atoms with Gasteiger partial charge in [-0.1, -0.05) is 11.2 Å². The summed E-state index contributed by atoms with van der Waals surface area (Å²) in [5.41, 5.74) is -0.187. The Morgan fingerprint density at radius 2 is 2.25 bits per heavy atom. The van der Waals surface area contributed by atoms with Crippen LogP contribution >= 0.6 is 11.3 Å². The van der Waals surface area contributed by atoms with Crippen molar-refractivity contribution in [1.82, 2.24) is 15.5 Å². The first kappa shape index (κ1) is 14.7. The van der Waals surface area contributed by atoms with E-state index in [0.29, 0.717) is 31.0 Å². The van der Waals surface area contributed by atoms with Crippen molar-refractivity contribution in [2.24, 2.45) is 0 Å². The number of aromatic nitrogens is 2. The van der Waals surface area contributed by atoms with Gasteiger partial charge in [-0.15, -0.1) is 11.3 Å². The summed E-state index contributed by atoms with van der Waals surface area (Å²) >= 11 is 1.58. The maximum absolute atomic E-state index is 11.7. The minimum absolute atomic E-state index is 0.0514. The zero-order valence-electron chi connectivity index (χ0n) is 12.0. The number of hydrogen-bond donors (Lipinski definition) is 1. The van der Waals surface area contributed by atoms with Crippen LogP contribution in [0.4, 0.5) is 0 Å². The second-order valence-electron chi connectivity index (χ2n) is 5.64. The zero-order chi connectivity index (χ0) is 14.6. The van der Waals surface area contributed by atoms with E-state index in [1.807, 2.05) is 38.3 Å². The number of nitrogens with zero attached hydrogens (tertiary/aromatic N) is 2. The molecule has 0 unspecified atom stereocenters. The average molecular weight is 293 g/mol. The van der Waals surface area contributed by atoms with E-state index in [9.17, 15) is 4.79 Å². The molecule has 2 heterocycles. The van der Waals surface area contributed by atoms with Crippen LogP contribution in [-0.4, -0.2) is 21.6 Å². The topological polar surface area (TPSA) is 68.0 Å². The third-order valence-corrected chi connectivity index (χ3v) is 3.38. The van der Waals surface area contributed by atoms with Gasteiger partial charge in [0.2, 0.25) is 17.6 Å². The molecule has 2 aromatic rings. The molecule has 0 radical (unpaired) electrons. The van der Waals surface area contributed by atoms with Crippen molar-refractivity contribution < 1.29 is 9.32 Å². The molecule has 0 aliphatic rings. The highest BCUT2D eigenvalue weighted by Gasteiger charge is 2.14. The van der Waals surface area contributed by atoms with E-state index in [-0.39, 0.29) is 11.4 Å². The van der Waals surface area contributed by atoms with Gasteiger partial charge in [0.15, 0.2) is 0 Å². The number of nitrogens with one attached hydrogen (secondary N) is 1. The first-order valence-electron chi connectivity index (χ1n) is 6.61. The first-order chi connectivity index (χ1) is 9.44. The fourth-order valence-corrected chi connectivity index (χ4v) is 2.39. The van der Waals surface area contributed by atoms with Crippen LogP contribution in [-0.2, 0) is 11.2 Å². The lowest BCUT2D eigenvalue weighted by Crippen LogP contribution is -2.40. The van der Waals surface area contributed by atoms with E-state index in [0.717, 1.165) is 4.88 Å². The summed E-state index contributed by atoms with van der Waals surface area (Å²) in [4.78, 5) is 17.0. The molecule has 2 aromatic heterocycles. The summed E-state index contributed by atoms with van der Waals surface area (Å²) in [7, 11) is 0. The summed E-state index contributed by atoms with van der Waals surface area (Å²) < 4.78 is 5.19. The molecule has 0 bridgehead atoms. The molecular formula is C14H19N3O2S. The van der Waals surface area contributed by atoms with E-state index < -0.39 is 0 Å². The van der Waals surface area contributed by atoms with E-state index in [4.69, 9.17) is 4.52 Å². The Kier molecular flexibility index (Phi) is 4.54. The SMILES string of the molecule is CC(C)(C)NC(=O)CCCc1nc(-c2cccs2)no1. The third-order valence-electron chi connectivity index (χ3n) is 2.52. The second kappa shape index (κ2) is 6.17. The van der Waals surface area contributed by atoms with Gasteiger partial charge in [0.1, 0.15) is 0 Å². The fraction of sp³-hybridized carbons (Fsp3) is 0.500. The minimum atomic E-state index is -0.187. The van der Waals surface area contributed by atoms with Gasteiger partial charge in [0.05, 0.1) is 4.88 Å². The zero-order valence-corrected chi connectivity index (χ0v) is 12.8. The quantitative estimate of drug-likeness (QED) is 0.920. The molecule has 1 N–H and O–H groups in total. The summed E-state index contributed by atoms with van der Waals surface area (Å²) in [6.07, 6.45) is 1.79. The molecule has 1 amide bonds. The smallest absolute Gasteiger partial charge is 0.226 e. The van der Waals surface area contributed by atoms with Gasteiger partial charge in [0, 0.05) is 18.4 Å². The van der Waals surface area contributed by atoms with Crippen molar-refractivity contribution in [2.45, 2.75) is 45.6 Å². The average Bonchev–Trinajstić information content (AvgIpc) is 2.96. The Balaban J connectivity index is 1.79. The predicted octanol–water partition coefficient (Wildman–Crippen LogP) is 3.04. The number of carbonyl (C=O) groups is 1. The fourth-order valence-electron chi connectivity index (χ4n) is 1.74. The molecule has 0 saturated carbocycles. The maximum Gasteiger partial charge on any atom is 0.226 e. The van der Waals surface area contributed by atoms with Crippen molar-refractivity contribution in [2.75, 3.05) is 0 Å². The lowest BCUT2D eigenvalue weighted by molar-refractivity contribution is -0.122. The van der Waals surface area contributed by atoms with Crippen LogP contribution in [0.15, 0.2) is 22.0 Å². The van der Waals surface area contributed by atoms with Crippen molar-refractivity contribution in [3.63, 3.8) is 0 Å². The molecule has 0 atom stereocenters. The van der Waals surface area contributed by atoms with Crippen molar-refractivity contribution in [1.29, 1.82) is 0 Å². The Morgan fingerprint density at radius 1 is 1.45 bits per heavy atom. The largest absolute Gasteiger partial charge is 0.352 e. The molecule has 2 rings (SSSR count). The first-order valence-corrected chi connectivity index (χ1v) is 7.49. The van der Waals surface area contributed by atoms with Crippen molar-refractivity contribution in [3.05, 3.63) is 23.4 Å². The highest BCUT2D eigenvalue weighted by Crippen LogP contribution is 2.21. The van der Waals surface area contributed by atoms with Gasteiger partial charge in [-0.2, -0.15) is 4.98 Å². The Bertz CT molecular complexity index is 555. The number of carbonyl (C=O) groups excluding carboxylic acids is 1. The number of thiophene rings is 1. The normalized spacial score (nSPS) is 11.6. The van der Waals surface area contributed by atoms with Crippen LogP contribution in [0, 0.1) is 0 Å². The highest BCUT2D eigenvalue weighted by atomic mass is 32.1. The van der Waals surface area contributed by atoms with Crippen LogP contribution in [0.2, 0.25) is 0 Å². The van der Waals surface area contributed by atoms with Gasteiger partial charge >= 0.3 is 0 Å².